The predicted molar refractivity (Wildman–Crippen MR) is 60.1 cm³/mol. The van der Waals surface area contributed by atoms with Crippen LogP contribution in [0.2, 0.25) is 0 Å². The van der Waals surface area contributed by atoms with Crippen LogP contribution in [0, 0.1) is 0 Å². The third-order valence-electron chi connectivity index (χ3n) is 2.85. The first kappa shape index (κ1) is 12.4. The van der Waals surface area contributed by atoms with Gasteiger partial charge in [0.1, 0.15) is 0 Å². The van der Waals surface area contributed by atoms with Gasteiger partial charge in [0, 0.05) is 31.7 Å². The van der Waals surface area contributed by atoms with E-state index in [1.807, 2.05) is 0 Å². The number of hydrogen-bond acceptors (Lipinski definition) is 4. The molecule has 0 aromatic heterocycles. The Morgan fingerprint density at radius 1 is 1.27 bits per heavy atom. The molecule has 5 nitrogen and oxygen atoms in total. The van der Waals surface area contributed by atoms with Gasteiger partial charge in [0.2, 0.25) is 5.91 Å². The summed E-state index contributed by atoms with van der Waals surface area (Å²) < 4.78 is 0. The van der Waals surface area contributed by atoms with Crippen LogP contribution in [0.25, 0.3) is 0 Å². The lowest BCUT2D eigenvalue weighted by Crippen LogP contribution is -2.55. The quantitative estimate of drug-likeness (QED) is 0.366. The smallest absolute Gasteiger partial charge is 0.248 e. The molecular formula is C10H22N4O. The average molecular weight is 214 g/mol. The van der Waals surface area contributed by atoms with Gasteiger partial charge in [0.05, 0.1) is 6.54 Å². The van der Waals surface area contributed by atoms with E-state index in [1.165, 1.54) is 0 Å². The molecule has 1 aliphatic heterocycles. The number of nitrogens with one attached hydrogen (secondary N) is 1. The summed E-state index contributed by atoms with van der Waals surface area (Å²) in [4.78, 5) is 15.6. The van der Waals surface area contributed by atoms with Crippen molar-refractivity contribution in [1.82, 2.24) is 15.2 Å². The van der Waals surface area contributed by atoms with Crippen LogP contribution >= 0.6 is 0 Å². The number of amides is 1. The minimum atomic E-state index is -0.112. The second-order valence-corrected chi connectivity index (χ2v) is 5.00. The Labute approximate surface area is 91.6 Å². The van der Waals surface area contributed by atoms with Crippen molar-refractivity contribution in [2.75, 3.05) is 32.7 Å². The van der Waals surface area contributed by atoms with Crippen LogP contribution in [0.15, 0.2) is 0 Å². The van der Waals surface area contributed by atoms with E-state index in [0.717, 1.165) is 26.2 Å². The third kappa shape index (κ3) is 3.77. The molecule has 5 heteroatoms. The van der Waals surface area contributed by atoms with E-state index in [9.17, 15) is 4.79 Å². The Morgan fingerprint density at radius 3 is 2.20 bits per heavy atom. The summed E-state index contributed by atoms with van der Waals surface area (Å²) in [6.45, 7) is 11.0. The Hall–Kier alpha value is -0.650. The number of nitrogens with two attached hydrogens (primary N) is 1. The first-order chi connectivity index (χ1) is 6.93. The van der Waals surface area contributed by atoms with Gasteiger partial charge in [-0.15, -0.1) is 0 Å². The van der Waals surface area contributed by atoms with Crippen LogP contribution in [-0.2, 0) is 4.79 Å². The van der Waals surface area contributed by atoms with E-state index >= 15 is 0 Å². The Morgan fingerprint density at radius 2 is 1.80 bits per heavy atom. The monoisotopic (exact) mass is 214 g/mol. The number of carbonyl (C=O) groups excluding carboxylic acids is 1. The van der Waals surface area contributed by atoms with Crippen LogP contribution in [0.5, 0.6) is 0 Å². The van der Waals surface area contributed by atoms with Crippen molar-refractivity contribution in [1.29, 1.82) is 0 Å². The SMILES string of the molecule is CC(C)(C)N1CCN(CC(=O)NN)CC1. The maximum Gasteiger partial charge on any atom is 0.248 e. The zero-order valence-electron chi connectivity index (χ0n) is 9.92. The molecule has 0 aromatic carbocycles. The highest BCUT2D eigenvalue weighted by atomic mass is 16.2. The summed E-state index contributed by atoms with van der Waals surface area (Å²) in [6.07, 6.45) is 0. The molecule has 0 atom stereocenters. The molecule has 0 aliphatic carbocycles. The highest BCUT2D eigenvalue weighted by Gasteiger charge is 2.26. The number of nitrogens with zero attached hydrogens (tertiary/aromatic N) is 2. The van der Waals surface area contributed by atoms with Gasteiger partial charge in [0.15, 0.2) is 0 Å². The van der Waals surface area contributed by atoms with Crippen LogP contribution in [0.4, 0.5) is 0 Å². The second kappa shape index (κ2) is 4.92. The molecule has 88 valence electrons. The van der Waals surface area contributed by atoms with Crippen molar-refractivity contribution in [2.45, 2.75) is 26.3 Å². The van der Waals surface area contributed by atoms with E-state index in [1.54, 1.807) is 0 Å². The number of rotatable bonds is 2. The van der Waals surface area contributed by atoms with Crippen molar-refractivity contribution in [3.63, 3.8) is 0 Å². The minimum Gasteiger partial charge on any atom is -0.296 e. The van der Waals surface area contributed by atoms with Gasteiger partial charge in [-0.2, -0.15) is 0 Å². The molecule has 3 N–H and O–H groups in total. The van der Waals surface area contributed by atoms with Crippen LogP contribution in [-0.4, -0.2) is 54.0 Å². The summed E-state index contributed by atoms with van der Waals surface area (Å²) in [6, 6.07) is 0. The summed E-state index contributed by atoms with van der Waals surface area (Å²) in [5.41, 5.74) is 2.38. The lowest BCUT2D eigenvalue weighted by atomic mass is 10.1. The van der Waals surface area contributed by atoms with Gasteiger partial charge in [0.25, 0.3) is 0 Å². The van der Waals surface area contributed by atoms with E-state index in [4.69, 9.17) is 5.84 Å². The minimum absolute atomic E-state index is 0.112. The zero-order chi connectivity index (χ0) is 11.5. The van der Waals surface area contributed by atoms with Gasteiger partial charge in [-0.05, 0) is 20.8 Å². The van der Waals surface area contributed by atoms with Crippen LogP contribution in [0.1, 0.15) is 20.8 Å². The highest BCUT2D eigenvalue weighted by molar-refractivity contribution is 5.77. The molecule has 1 rings (SSSR count). The molecule has 1 saturated heterocycles. The molecule has 0 saturated carbocycles. The molecule has 0 unspecified atom stereocenters. The van der Waals surface area contributed by atoms with E-state index in [2.05, 4.69) is 36.0 Å². The van der Waals surface area contributed by atoms with Gasteiger partial charge < -0.3 is 0 Å². The van der Waals surface area contributed by atoms with E-state index < -0.39 is 0 Å². The zero-order valence-corrected chi connectivity index (χ0v) is 9.92. The Kier molecular flexibility index (Phi) is 4.07. The second-order valence-electron chi connectivity index (χ2n) is 5.00. The van der Waals surface area contributed by atoms with Crippen molar-refractivity contribution in [3.8, 4) is 0 Å². The lowest BCUT2D eigenvalue weighted by molar-refractivity contribution is -0.122. The van der Waals surface area contributed by atoms with Gasteiger partial charge in [-0.3, -0.25) is 20.0 Å². The largest absolute Gasteiger partial charge is 0.296 e. The molecule has 0 aromatic rings. The summed E-state index contributed by atoms with van der Waals surface area (Å²) in [7, 11) is 0. The third-order valence-corrected chi connectivity index (χ3v) is 2.85. The van der Waals surface area contributed by atoms with E-state index in [0.29, 0.717) is 6.54 Å². The average Bonchev–Trinajstić information content (AvgIpc) is 2.17. The van der Waals surface area contributed by atoms with Crippen LogP contribution in [0.3, 0.4) is 0 Å². The fourth-order valence-corrected chi connectivity index (χ4v) is 1.83. The van der Waals surface area contributed by atoms with Gasteiger partial charge in [-0.25, -0.2) is 5.84 Å². The van der Waals surface area contributed by atoms with E-state index in [-0.39, 0.29) is 11.4 Å². The molecule has 1 aliphatic rings. The maximum absolute atomic E-state index is 11.1. The number of piperazine rings is 1. The Bertz CT molecular complexity index is 216. The lowest BCUT2D eigenvalue weighted by Gasteiger charge is -2.42. The predicted octanol–water partition coefficient (Wildman–Crippen LogP) is -0.608. The molecule has 1 amide bonds. The van der Waals surface area contributed by atoms with Crippen molar-refractivity contribution in [3.05, 3.63) is 0 Å². The molecule has 15 heavy (non-hydrogen) atoms. The summed E-state index contributed by atoms with van der Waals surface area (Å²) in [5.74, 6) is 4.94. The number of hydrogen-bond donors (Lipinski definition) is 2. The fourth-order valence-electron chi connectivity index (χ4n) is 1.83. The summed E-state index contributed by atoms with van der Waals surface area (Å²) in [5, 5.41) is 0. The number of carbonyl (C=O) groups is 1. The molecular weight excluding hydrogens is 192 g/mol. The van der Waals surface area contributed by atoms with Crippen molar-refractivity contribution < 1.29 is 4.79 Å². The topological polar surface area (TPSA) is 61.6 Å². The molecule has 0 radical (unpaired) electrons. The maximum atomic E-state index is 11.1. The standard InChI is InChI=1S/C10H22N4O/c1-10(2,3)14-6-4-13(5-7-14)8-9(15)12-11/h4-8,11H2,1-3H3,(H,12,15). The first-order valence-corrected chi connectivity index (χ1v) is 5.40. The summed E-state index contributed by atoms with van der Waals surface area (Å²) >= 11 is 0. The van der Waals surface area contributed by atoms with Gasteiger partial charge >= 0.3 is 0 Å². The molecule has 1 fully saturated rings. The first-order valence-electron chi connectivity index (χ1n) is 5.40. The molecule has 0 spiro atoms. The Balaban J connectivity index is 2.33. The fraction of sp³-hybridized carbons (Fsp3) is 0.900. The normalized spacial score (nSPS) is 20.3. The van der Waals surface area contributed by atoms with Crippen LogP contribution < -0.4 is 11.3 Å². The highest BCUT2D eigenvalue weighted by Crippen LogP contribution is 2.15. The van der Waals surface area contributed by atoms with Crippen molar-refractivity contribution >= 4 is 5.91 Å². The number of hydrazine groups is 1. The molecule has 0 bridgehead atoms. The van der Waals surface area contributed by atoms with Crippen molar-refractivity contribution in [2.24, 2.45) is 5.84 Å². The van der Waals surface area contributed by atoms with Gasteiger partial charge in [-0.1, -0.05) is 0 Å². The molecule has 1 heterocycles.